The van der Waals surface area contributed by atoms with Gasteiger partial charge in [0, 0.05) is 31.2 Å². The highest BCUT2D eigenvalue weighted by molar-refractivity contribution is 5.96. The second kappa shape index (κ2) is 20.3. The Morgan fingerprint density at radius 2 is 1.35 bits per heavy atom. The summed E-state index contributed by atoms with van der Waals surface area (Å²) in [5, 5.41) is 40.5. The largest absolute Gasteiger partial charge is 0.481 e. The first-order valence-corrected chi connectivity index (χ1v) is 15.5. The molecule has 0 spiro atoms. The number of H-pyrrole nitrogens is 1. The first-order chi connectivity index (χ1) is 22.9. The van der Waals surface area contributed by atoms with Gasteiger partial charge in [-0.1, -0.05) is 20.3 Å². The summed E-state index contributed by atoms with van der Waals surface area (Å²) in [6.07, 6.45) is 0.0531. The zero-order chi connectivity index (χ0) is 37.4. The lowest BCUT2D eigenvalue weighted by Gasteiger charge is -2.27. The topological polar surface area (TPSA) is 338 Å². The van der Waals surface area contributed by atoms with Gasteiger partial charge in [0.25, 0.3) is 0 Å². The predicted octanol–water partition coefficient (Wildman–Crippen LogP) is -3.63. The number of aliphatic hydroxyl groups excluding tert-OH is 1. The van der Waals surface area contributed by atoms with Crippen molar-refractivity contribution in [1.82, 2.24) is 36.6 Å². The Hall–Kier alpha value is -5.11. The van der Waals surface area contributed by atoms with Crippen LogP contribution in [-0.4, -0.2) is 115 Å². The number of hydrogen-bond donors (Lipinski definition) is 11. The van der Waals surface area contributed by atoms with E-state index in [1.807, 2.05) is 0 Å². The molecule has 1 heterocycles. The Bertz CT molecular complexity index is 1320. The Morgan fingerprint density at radius 3 is 1.84 bits per heavy atom. The van der Waals surface area contributed by atoms with E-state index in [4.69, 9.17) is 11.5 Å². The van der Waals surface area contributed by atoms with Gasteiger partial charge in [-0.2, -0.15) is 0 Å². The molecule has 274 valence electrons. The summed E-state index contributed by atoms with van der Waals surface area (Å²) in [6.45, 7) is 5.72. The van der Waals surface area contributed by atoms with Crippen molar-refractivity contribution in [2.24, 2.45) is 17.4 Å². The van der Waals surface area contributed by atoms with Gasteiger partial charge in [-0.25, -0.2) is 9.78 Å². The predicted molar refractivity (Wildman–Crippen MR) is 170 cm³/mol. The molecule has 1 aromatic rings. The van der Waals surface area contributed by atoms with E-state index >= 15 is 0 Å². The van der Waals surface area contributed by atoms with Crippen LogP contribution in [0, 0.1) is 5.92 Å². The average Bonchev–Trinajstić information content (AvgIpc) is 3.53. The van der Waals surface area contributed by atoms with Gasteiger partial charge in [-0.05, 0) is 32.6 Å². The fourth-order valence-electron chi connectivity index (χ4n) is 4.36. The molecule has 49 heavy (non-hydrogen) atoms. The maximum absolute atomic E-state index is 13.2. The van der Waals surface area contributed by atoms with Crippen LogP contribution in [-0.2, 0) is 44.8 Å². The number of amides is 6. The molecule has 8 atom stereocenters. The van der Waals surface area contributed by atoms with Crippen molar-refractivity contribution in [3.05, 3.63) is 18.2 Å². The molecule has 20 nitrogen and oxygen atoms in total. The molecule has 0 aromatic carbocycles. The number of rotatable bonds is 22. The third-order valence-electron chi connectivity index (χ3n) is 7.52. The maximum atomic E-state index is 13.2. The van der Waals surface area contributed by atoms with E-state index in [-0.39, 0.29) is 19.3 Å². The first kappa shape index (κ1) is 41.9. The van der Waals surface area contributed by atoms with Crippen LogP contribution in [0.2, 0.25) is 0 Å². The van der Waals surface area contributed by atoms with Crippen LogP contribution >= 0.6 is 0 Å². The normalized spacial score (nSPS) is 15.9. The van der Waals surface area contributed by atoms with Crippen LogP contribution in [0.3, 0.4) is 0 Å². The first-order valence-electron chi connectivity index (χ1n) is 15.5. The number of aromatic amines is 1. The number of hydrogen-bond acceptors (Lipinski definition) is 11. The lowest BCUT2D eigenvalue weighted by Crippen LogP contribution is -2.60. The van der Waals surface area contributed by atoms with Gasteiger partial charge >= 0.3 is 11.9 Å². The van der Waals surface area contributed by atoms with E-state index in [1.54, 1.807) is 13.8 Å². The van der Waals surface area contributed by atoms with Crippen molar-refractivity contribution in [2.45, 2.75) is 109 Å². The van der Waals surface area contributed by atoms with Crippen LogP contribution in [0.5, 0.6) is 0 Å². The third-order valence-corrected chi connectivity index (χ3v) is 7.52. The monoisotopic (exact) mass is 697 g/mol. The van der Waals surface area contributed by atoms with Crippen LogP contribution in [0.15, 0.2) is 12.5 Å². The van der Waals surface area contributed by atoms with Gasteiger partial charge in [0.15, 0.2) is 0 Å². The second-order valence-electron chi connectivity index (χ2n) is 11.6. The molecule has 0 aliphatic carbocycles. The lowest BCUT2D eigenvalue weighted by atomic mass is 9.98. The second-order valence-corrected chi connectivity index (χ2v) is 11.6. The number of nitrogens with zero attached hydrogens (tertiary/aromatic N) is 1. The number of carboxylic acids is 2. The number of aliphatic hydroxyl groups is 1. The maximum Gasteiger partial charge on any atom is 0.326 e. The van der Waals surface area contributed by atoms with Gasteiger partial charge in [-0.3, -0.25) is 33.6 Å². The molecule has 0 saturated carbocycles. The Morgan fingerprint density at radius 1 is 0.796 bits per heavy atom. The fraction of sp³-hybridized carbons (Fsp3) is 0.621. The summed E-state index contributed by atoms with van der Waals surface area (Å²) in [5.74, 6) is -8.67. The van der Waals surface area contributed by atoms with Crippen molar-refractivity contribution >= 4 is 47.4 Å². The molecule has 0 aliphatic rings. The van der Waals surface area contributed by atoms with Crippen molar-refractivity contribution in [2.75, 3.05) is 0 Å². The van der Waals surface area contributed by atoms with Gasteiger partial charge < -0.3 is 58.4 Å². The number of carbonyl (C=O) groups is 8. The molecule has 13 N–H and O–H groups in total. The minimum absolute atomic E-state index is 0.0205. The molecule has 0 aliphatic heterocycles. The summed E-state index contributed by atoms with van der Waals surface area (Å²) < 4.78 is 0. The smallest absolute Gasteiger partial charge is 0.326 e. The Kier molecular flexibility index (Phi) is 17.4. The highest BCUT2D eigenvalue weighted by atomic mass is 16.4. The molecular formula is C29H47N9O11. The van der Waals surface area contributed by atoms with E-state index in [0.29, 0.717) is 12.1 Å². The lowest BCUT2D eigenvalue weighted by molar-refractivity contribution is -0.144. The molecule has 0 saturated heterocycles. The molecule has 0 radical (unpaired) electrons. The standard InChI is InChI=1S/C29H47N9O11/c1-5-13(2)22(29(48)49)37-27(46)18(6-8-20(31)40)35-24(43)14(3)34-26(45)19(7-9-21(41)42)36-28(47)23(15(4)39)38-25(44)17(30)10-16-11-32-12-33-16/h11-15,17-19,22-23,39H,5-10,30H2,1-4H3,(H2,31,40)(H,32,33)(H,34,45)(H,35,43)(H,36,47)(H,37,46)(H,38,44)(H,41,42)(H,48,49)/t13-,14-,15+,17-,18-,19-,22-,23-/m0/s1. The summed E-state index contributed by atoms with van der Waals surface area (Å²) in [4.78, 5) is 106. The molecule has 1 aromatic heterocycles. The average molecular weight is 698 g/mol. The number of aliphatic carboxylic acids is 2. The molecular weight excluding hydrogens is 650 g/mol. The minimum Gasteiger partial charge on any atom is -0.481 e. The number of carbonyl (C=O) groups excluding carboxylic acids is 6. The number of nitrogens with two attached hydrogens (primary N) is 2. The quantitative estimate of drug-likeness (QED) is 0.0558. The van der Waals surface area contributed by atoms with Gasteiger partial charge in [0.05, 0.1) is 18.5 Å². The summed E-state index contributed by atoms with van der Waals surface area (Å²) >= 11 is 0. The van der Waals surface area contributed by atoms with Crippen molar-refractivity contribution < 1.29 is 53.7 Å². The van der Waals surface area contributed by atoms with Crippen LogP contribution in [0.1, 0.15) is 65.5 Å². The number of aromatic nitrogens is 2. The Labute approximate surface area is 281 Å². The molecule has 0 unspecified atom stereocenters. The van der Waals surface area contributed by atoms with Gasteiger partial charge in [0.1, 0.15) is 30.2 Å². The minimum atomic E-state index is -1.62. The van der Waals surface area contributed by atoms with Crippen molar-refractivity contribution in [1.29, 1.82) is 0 Å². The van der Waals surface area contributed by atoms with Crippen molar-refractivity contribution in [3.8, 4) is 0 Å². The van der Waals surface area contributed by atoms with Crippen LogP contribution in [0.25, 0.3) is 0 Å². The third kappa shape index (κ3) is 14.7. The Balaban J connectivity index is 3.05. The highest BCUT2D eigenvalue weighted by Gasteiger charge is 2.34. The van der Waals surface area contributed by atoms with E-state index in [1.165, 1.54) is 26.4 Å². The van der Waals surface area contributed by atoms with Crippen LogP contribution < -0.4 is 38.1 Å². The van der Waals surface area contributed by atoms with E-state index in [9.17, 15) is 53.7 Å². The van der Waals surface area contributed by atoms with Crippen molar-refractivity contribution in [3.63, 3.8) is 0 Å². The van der Waals surface area contributed by atoms with Gasteiger partial charge in [0.2, 0.25) is 35.4 Å². The van der Waals surface area contributed by atoms with E-state index < -0.39 is 108 Å². The summed E-state index contributed by atoms with van der Waals surface area (Å²) in [7, 11) is 0. The summed E-state index contributed by atoms with van der Waals surface area (Å²) in [6, 6.07) is -8.48. The molecule has 6 amide bonds. The molecule has 0 fully saturated rings. The molecule has 0 bridgehead atoms. The zero-order valence-corrected chi connectivity index (χ0v) is 27.7. The highest BCUT2D eigenvalue weighted by Crippen LogP contribution is 2.10. The van der Waals surface area contributed by atoms with Crippen LogP contribution in [0.4, 0.5) is 0 Å². The zero-order valence-electron chi connectivity index (χ0n) is 27.7. The fourth-order valence-corrected chi connectivity index (χ4v) is 4.36. The SMILES string of the molecule is CC[C@H](C)[C@H](NC(=O)[C@H](CCC(N)=O)NC(=O)[C@H](C)NC(=O)[C@H](CCC(=O)O)NC(=O)[C@@H](NC(=O)[C@@H](N)Cc1cnc[nH]1)[C@@H](C)O)C(=O)O. The van der Waals surface area contributed by atoms with E-state index in [2.05, 4.69) is 36.6 Å². The van der Waals surface area contributed by atoms with E-state index in [0.717, 1.165) is 0 Å². The number of primary amides is 1. The number of nitrogens with one attached hydrogen (secondary N) is 6. The molecule has 1 rings (SSSR count). The number of imidazole rings is 1. The number of carboxylic acid groups (broad SMARTS) is 2. The summed E-state index contributed by atoms with van der Waals surface area (Å²) in [5.41, 5.74) is 11.6. The van der Waals surface area contributed by atoms with Gasteiger partial charge in [-0.15, -0.1) is 0 Å². The molecule has 20 heteroatoms.